The van der Waals surface area contributed by atoms with Crippen LogP contribution in [0, 0.1) is 0 Å². The molecule has 0 N–H and O–H groups in total. The van der Waals surface area contributed by atoms with Crippen LogP contribution in [0.25, 0.3) is 0 Å². The lowest BCUT2D eigenvalue weighted by molar-refractivity contribution is -0.119. The van der Waals surface area contributed by atoms with E-state index in [0.717, 1.165) is 0 Å². The van der Waals surface area contributed by atoms with Crippen LogP contribution in [0.5, 0.6) is 0 Å². The van der Waals surface area contributed by atoms with Crippen molar-refractivity contribution in [2.75, 3.05) is 6.61 Å². The summed E-state index contributed by atoms with van der Waals surface area (Å²) in [5, 5.41) is 0. The average Bonchev–Trinajstić information content (AvgIpc) is 1.79. The van der Waals surface area contributed by atoms with E-state index < -0.39 is 9.76 Å². The Morgan fingerprint density at radius 2 is 1.90 bits per heavy atom. The van der Waals surface area contributed by atoms with Gasteiger partial charge in [-0.25, -0.2) is 0 Å². The Labute approximate surface area is 62.7 Å². The number of carbonyl (C=O) groups excluding carboxylic acids is 2. The predicted molar refractivity (Wildman–Crippen MR) is 40.7 cm³/mol. The average molecular weight is 160 g/mol. The van der Waals surface area contributed by atoms with E-state index in [2.05, 4.69) is 0 Å². The zero-order chi connectivity index (χ0) is 7.98. The SMILES string of the molecule is CC(=O)CO[SiH2]CC(C)=O. The van der Waals surface area contributed by atoms with Gasteiger partial charge in [-0.2, -0.15) is 0 Å². The molecule has 0 amide bonds. The molecule has 58 valence electrons. The fourth-order valence-corrected chi connectivity index (χ4v) is 1.30. The van der Waals surface area contributed by atoms with E-state index in [1.54, 1.807) is 0 Å². The Morgan fingerprint density at radius 3 is 2.30 bits per heavy atom. The van der Waals surface area contributed by atoms with Crippen LogP contribution < -0.4 is 0 Å². The zero-order valence-electron chi connectivity index (χ0n) is 6.35. The molecule has 0 aromatic heterocycles. The minimum atomic E-state index is -0.749. The topological polar surface area (TPSA) is 43.4 Å². The molecule has 0 rings (SSSR count). The number of ketones is 2. The second-order valence-electron chi connectivity index (χ2n) is 2.21. The Bertz CT molecular complexity index is 117. The molecule has 4 heteroatoms. The summed E-state index contributed by atoms with van der Waals surface area (Å²) in [6.45, 7) is 3.19. The third-order valence-electron chi connectivity index (χ3n) is 0.904. The van der Waals surface area contributed by atoms with Crippen molar-refractivity contribution >= 4 is 21.3 Å². The predicted octanol–water partition coefficient (Wildman–Crippen LogP) is -0.317. The summed E-state index contributed by atoms with van der Waals surface area (Å²) in [6.07, 6.45) is 0. The highest BCUT2D eigenvalue weighted by Gasteiger charge is 1.95. The standard InChI is InChI=1S/C6H12O3Si/c1-5(7)3-9-10-4-6(2)8/h3-4,10H2,1-2H3. The van der Waals surface area contributed by atoms with E-state index in [1.807, 2.05) is 0 Å². The Balaban J connectivity index is 3.06. The van der Waals surface area contributed by atoms with Gasteiger partial charge in [-0.05, 0) is 13.8 Å². The van der Waals surface area contributed by atoms with Crippen LogP contribution in [-0.4, -0.2) is 27.9 Å². The van der Waals surface area contributed by atoms with Crippen molar-refractivity contribution in [1.29, 1.82) is 0 Å². The van der Waals surface area contributed by atoms with Crippen molar-refractivity contribution in [3.05, 3.63) is 0 Å². The number of hydrogen-bond donors (Lipinski definition) is 0. The molecule has 0 saturated carbocycles. The van der Waals surface area contributed by atoms with Crippen LogP contribution in [0.15, 0.2) is 0 Å². The first-order valence-electron chi connectivity index (χ1n) is 3.19. The summed E-state index contributed by atoms with van der Waals surface area (Å²) in [5.41, 5.74) is 0. The van der Waals surface area contributed by atoms with E-state index in [4.69, 9.17) is 4.43 Å². The van der Waals surface area contributed by atoms with Crippen LogP contribution in [0.3, 0.4) is 0 Å². The van der Waals surface area contributed by atoms with Crippen molar-refractivity contribution in [3.8, 4) is 0 Å². The van der Waals surface area contributed by atoms with Gasteiger partial charge in [0, 0.05) is 6.04 Å². The normalized spacial score (nSPS) is 10.6. The van der Waals surface area contributed by atoms with Gasteiger partial charge in [0.15, 0.2) is 15.5 Å². The molecule has 0 saturated heterocycles. The van der Waals surface area contributed by atoms with Gasteiger partial charge in [0.1, 0.15) is 5.78 Å². The minimum Gasteiger partial charge on any atom is -0.416 e. The van der Waals surface area contributed by atoms with Gasteiger partial charge in [-0.15, -0.1) is 0 Å². The molecule has 0 bridgehead atoms. The van der Waals surface area contributed by atoms with Gasteiger partial charge < -0.3 is 9.22 Å². The largest absolute Gasteiger partial charge is 0.416 e. The Morgan fingerprint density at radius 1 is 1.30 bits per heavy atom. The molecule has 10 heavy (non-hydrogen) atoms. The van der Waals surface area contributed by atoms with Gasteiger partial charge >= 0.3 is 0 Å². The maximum Gasteiger partial charge on any atom is 0.169 e. The molecule has 0 aliphatic rings. The fourth-order valence-electron chi connectivity index (χ4n) is 0.432. The Hall–Kier alpha value is -0.483. The summed E-state index contributed by atoms with van der Waals surface area (Å²) >= 11 is 0. The highest BCUT2D eigenvalue weighted by Crippen LogP contribution is 1.82. The first kappa shape index (κ1) is 9.52. The molecule has 0 heterocycles. The van der Waals surface area contributed by atoms with Crippen molar-refractivity contribution < 1.29 is 14.0 Å². The fraction of sp³-hybridized carbons (Fsp3) is 0.667. The van der Waals surface area contributed by atoms with Crippen LogP contribution in [-0.2, 0) is 14.0 Å². The van der Waals surface area contributed by atoms with Crippen LogP contribution >= 0.6 is 0 Å². The quantitative estimate of drug-likeness (QED) is 0.409. The molecule has 0 aliphatic heterocycles. The second kappa shape index (κ2) is 5.31. The van der Waals surface area contributed by atoms with Gasteiger partial charge in [0.25, 0.3) is 0 Å². The molecule has 0 aliphatic carbocycles. The van der Waals surface area contributed by atoms with E-state index in [9.17, 15) is 9.59 Å². The van der Waals surface area contributed by atoms with Crippen LogP contribution in [0.4, 0.5) is 0 Å². The van der Waals surface area contributed by atoms with Crippen molar-refractivity contribution in [1.82, 2.24) is 0 Å². The van der Waals surface area contributed by atoms with Gasteiger partial charge in [0.2, 0.25) is 0 Å². The number of carbonyl (C=O) groups is 2. The van der Waals surface area contributed by atoms with Gasteiger partial charge in [-0.3, -0.25) is 4.79 Å². The molecule has 3 nitrogen and oxygen atoms in total. The van der Waals surface area contributed by atoms with Crippen LogP contribution in [0.1, 0.15) is 13.8 Å². The van der Waals surface area contributed by atoms with E-state index in [0.29, 0.717) is 6.04 Å². The molecule has 0 aromatic carbocycles. The van der Waals surface area contributed by atoms with E-state index in [-0.39, 0.29) is 18.2 Å². The second-order valence-corrected chi connectivity index (χ2v) is 3.52. The first-order valence-corrected chi connectivity index (χ1v) is 4.77. The lowest BCUT2D eigenvalue weighted by Gasteiger charge is -1.96. The molecular formula is C6H12O3Si. The highest BCUT2D eigenvalue weighted by molar-refractivity contribution is 6.34. The number of rotatable bonds is 5. The molecule has 0 unspecified atom stereocenters. The number of Topliss-reactive ketones (excluding diaryl/α,β-unsaturated/α-hetero) is 2. The van der Waals surface area contributed by atoms with Gasteiger partial charge in [-0.1, -0.05) is 0 Å². The maximum absolute atomic E-state index is 10.4. The third-order valence-corrected chi connectivity index (χ3v) is 2.30. The highest BCUT2D eigenvalue weighted by atomic mass is 28.2. The molecule has 0 spiro atoms. The lowest BCUT2D eigenvalue weighted by atomic mass is 10.5. The van der Waals surface area contributed by atoms with Crippen molar-refractivity contribution in [2.45, 2.75) is 19.9 Å². The number of hydrogen-bond acceptors (Lipinski definition) is 3. The summed E-state index contributed by atoms with van der Waals surface area (Å²) in [7, 11) is -0.749. The Kier molecular flexibility index (Phi) is 5.06. The third kappa shape index (κ3) is 7.52. The van der Waals surface area contributed by atoms with Gasteiger partial charge in [0.05, 0.1) is 6.61 Å². The first-order chi connectivity index (χ1) is 4.63. The minimum absolute atomic E-state index is 0.0241. The smallest absolute Gasteiger partial charge is 0.169 e. The van der Waals surface area contributed by atoms with Crippen molar-refractivity contribution in [3.63, 3.8) is 0 Å². The van der Waals surface area contributed by atoms with E-state index >= 15 is 0 Å². The zero-order valence-corrected chi connectivity index (χ0v) is 7.76. The monoisotopic (exact) mass is 160 g/mol. The molecular weight excluding hydrogens is 148 g/mol. The molecule has 0 atom stereocenters. The molecule has 0 radical (unpaired) electrons. The summed E-state index contributed by atoms with van der Waals surface area (Å²) in [4.78, 5) is 20.7. The van der Waals surface area contributed by atoms with Crippen LogP contribution in [0.2, 0.25) is 6.04 Å². The van der Waals surface area contributed by atoms with E-state index in [1.165, 1.54) is 13.8 Å². The van der Waals surface area contributed by atoms with Crippen molar-refractivity contribution in [2.24, 2.45) is 0 Å². The lowest BCUT2D eigenvalue weighted by Crippen LogP contribution is -2.09. The maximum atomic E-state index is 10.4. The molecule has 0 aromatic rings. The summed E-state index contributed by atoms with van der Waals surface area (Å²) < 4.78 is 4.97. The summed E-state index contributed by atoms with van der Waals surface area (Å²) in [6, 6.07) is 0.535. The molecule has 0 fully saturated rings. The summed E-state index contributed by atoms with van der Waals surface area (Å²) in [5.74, 6) is 0.172.